The lowest BCUT2D eigenvalue weighted by Gasteiger charge is -2.33. The summed E-state index contributed by atoms with van der Waals surface area (Å²) in [6.45, 7) is 6.91. The molecule has 3 aromatic rings. The Bertz CT molecular complexity index is 1460. The normalized spacial score (nSPS) is 21.8. The Morgan fingerprint density at radius 2 is 1.92 bits per heavy atom. The van der Waals surface area contributed by atoms with Crippen LogP contribution >= 0.6 is 11.8 Å². The Kier molecular flexibility index (Phi) is 6.56. The number of hydrogen-bond donors (Lipinski definition) is 1. The Balaban J connectivity index is 1.56. The van der Waals surface area contributed by atoms with Crippen molar-refractivity contribution in [2.75, 3.05) is 0 Å². The molecular formula is C30H32N2O3S. The van der Waals surface area contributed by atoms with Crippen LogP contribution in [0.1, 0.15) is 43.9 Å². The van der Waals surface area contributed by atoms with Gasteiger partial charge in [-0.2, -0.15) is 0 Å². The molecule has 2 aromatic carbocycles. The van der Waals surface area contributed by atoms with Gasteiger partial charge in [0.15, 0.2) is 0 Å². The highest BCUT2D eigenvalue weighted by molar-refractivity contribution is 8.03. The molecular weight excluding hydrogens is 468 g/mol. The number of fused-ring (bicyclic) bond motifs is 2. The van der Waals surface area contributed by atoms with Gasteiger partial charge in [0.05, 0.1) is 24.0 Å². The van der Waals surface area contributed by atoms with Crippen molar-refractivity contribution >= 4 is 28.8 Å². The first-order valence-corrected chi connectivity index (χ1v) is 13.3. The van der Waals surface area contributed by atoms with E-state index in [2.05, 4.69) is 37.5 Å². The minimum Gasteiger partial charge on any atom is -0.481 e. The summed E-state index contributed by atoms with van der Waals surface area (Å²) in [5.74, 6) is -0.648. The molecule has 0 radical (unpaired) electrons. The first-order chi connectivity index (χ1) is 17.3. The lowest BCUT2D eigenvalue weighted by atomic mass is 9.79. The van der Waals surface area contributed by atoms with Crippen LogP contribution in [-0.4, -0.2) is 25.0 Å². The van der Waals surface area contributed by atoms with Gasteiger partial charge >= 0.3 is 11.7 Å². The average molecular weight is 501 g/mol. The highest BCUT2D eigenvalue weighted by Crippen LogP contribution is 2.51. The average Bonchev–Trinajstić information content (AvgIpc) is 3.32. The third kappa shape index (κ3) is 4.50. The molecule has 3 atom stereocenters. The molecule has 0 fully saturated rings. The molecule has 2 heterocycles. The van der Waals surface area contributed by atoms with Crippen molar-refractivity contribution in [2.45, 2.75) is 57.4 Å². The number of rotatable bonds is 8. The van der Waals surface area contributed by atoms with Gasteiger partial charge in [0, 0.05) is 16.7 Å². The Hall–Kier alpha value is -3.25. The minimum absolute atomic E-state index is 0.0335. The SMILES string of the molecule is CC1=CC=CC2(C)SC=C(Cn3c(=O)n(C(CCc4ccccc4)CC(=O)O)c4cc(C)ccc43)C12. The Labute approximate surface area is 215 Å². The molecule has 0 amide bonds. The fraction of sp³-hybridized carbons (Fsp3) is 0.333. The molecule has 5 rings (SSSR count). The van der Waals surface area contributed by atoms with Gasteiger partial charge < -0.3 is 5.11 Å². The second-order valence-corrected chi connectivity index (χ2v) is 11.6. The minimum atomic E-state index is -0.895. The summed E-state index contributed by atoms with van der Waals surface area (Å²) >= 11 is 1.81. The summed E-state index contributed by atoms with van der Waals surface area (Å²) in [6, 6.07) is 15.6. The number of carboxylic acids is 1. The maximum absolute atomic E-state index is 14.0. The highest BCUT2D eigenvalue weighted by Gasteiger charge is 2.41. The van der Waals surface area contributed by atoms with E-state index in [0.29, 0.717) is 19.4 Å². The molecule has 186 valence electrons. The van der Waals surface area contributed by atoms with Crippen molar-refractivity contribution in [3.63, 3.8) is 0 Å². The van der Waals surface area contributed by atoms with E-state index in [9.17, 15) is 14.7 Å². The van der Waals surface area contributed by atoms with Gasteiger partial charge in [0.2, 0.25) is 0 Å². The number of carboxylic acid groups (broad SMARTS) is 1. The van der Waals surface area contributed by atoms with Gasteiger partial charge in [-0.3, -0.25) is 13.9 Å². The highest BCUT2D eigenvalue weighted by atomic mass is 32.2. The van der Waals surface area contributed by atoms with Crippen LogP contribution in [0.25, 0.3) is 11.0 Å². The van der Waals surface area contributed by atoms with Gasteiger partial charge in [0.25, 0.3) is 0 Å². The molecule has 6 heteroatoms. The van der Waals surface area contributed by atoms with E-state index >= 15 is 0 Å². The number of aromatic nitrogens is 2. The third-order valence-corrected chi connectivity index (χ3v) is 8.79. The number of allylic oxidation sites excluding steroid dienone is 4. The second-order valence-electron chi connectivity index (χ2n) is 10.2. The zero-order chi connectivity index (χ0) is 25.4. The topological polar surface area (TPSA) is 64.2 Å². The number of nitrogens with zero attached hydrogens (tertiary/aromatic N) is 2. The molecule has 2 aliphatic rings. The fourth-order valence-corrected chi connectivity index (χ4v) is 7.03. The lowest BCUT2D eigenvalue weighted by molar-refractivity contribution is -0.137. The second kappa shape index (κ2) is 9.66. The summed E-state index contributed by atoms with van der Waals surface area (Å²) < 4.78 is 3.55. The fourth-order valence-electron chi connectivity index (χ4n) is 5.78. The van der Waals surface area contributed by atoms with Crippen LogP contribution in [0.15, 0.2) is 88.1 Å². The Morgan fingerprint density at radius 3 is 2.67 bits per heavy atom. The van der Waals surface area contributed by atoms with Crippen LogP contribution in [-0.2, 0) is 17.8 Å². The van der Waals surface area contributed by atoms with Crippen molar-refractivity contribution in [1.29, 1.82) is 0 Å². The van der Waals surface area contributed by atoms with Crippen molar-refractivity contribution in [3.8, 4) is 0 Å². The standard InChI is InChI=1S/C30H32N2O3S/c1-20-11-14-25-26(16-20)32(24(17-27(33)34)13-12-22-9-5-4-6-10-22)29(35)31(25)18-23-19-36-30(3)15-7-8-21(2)28(23)30/h4-11,14-16,19,24,28H,12-13,17-18H2,1-3H3,(H,33,34). The summed E-state index contributed by atoms with van der Waals surface area (Å²) in [7, 11) is 0. The molecule has 36 heavy (non-hydrogen) atoms. The number of aryl methyl sites for hydroxylation is 2. The van der Waals surface area contributed by atoms with Gasteiger partial charge in [-0.1, -0.05) is 60.2 Å². The first kappa shape index (κ1) is 24.4. The lowest BCUT2D eigenvalue weighted by Crippen LogP contribution is -2.33. The predicted octanol–water partition coefficient (Wildman–Crippen LogP) is 6.28. The molecule has 3 unspecified atom stereocenters. The van der Waals surface area contributed by atoms with Crippen LogP contribution in [0.5, 0.6) is 0 Å². The largest absolute Gasteiger partial charge is 0.481 e. The first-order valence-electron chi connectivity index (χ1n) is 12.5. The van der Waals surface area contributed by atoms with E-state index in [4.69, 9.17) is 0 Å². The molecule has 0 saturated carbocycles. The van der Waals surface area contributed by atoms with Gasteiger partial charge in [0.1, 0.15) is 0 Å². The molecule has 1 N–H and O–H groups in total. The molecule has 1 aliphatic heterocycles. The van der Waals surface area contributed by atoms with Crippen LogP contribution in [0.3, 0.4) is 0 Å². The smallest absolute Gasteiger partial charge is 0.329 e. The van der Waals surface area contributed by atoms with Crippen LogP contribution in [0.4, 0.5) is 0 Å². The van der Waals surface area contributed by atoms with E-state index < -0.39 is 12.0 Å². The van der Waals surface area contributed by atoms with E-state index in [1.54, 1.807) is 4.57 Å². The number of thioether (sulfide) groups is 1. The Morgan fingerprint density at radius 1 is 1.14 bits per heavy atom. The summed E-state index contributed by atoms with van der Waals surface area (Å²) in [5, 5.41) is 12.0. The van der Waals surface area contributed by atoms with Crippen molar-refractivity contribution in [1.82, 2.24) is 9.13 Å². The predicted molar refractivity (Wildman–Crippen MR) is 147 cm³/mol. The van der Waals surface area contributed by atoms with E-state index in [1.165, 1.54) is 11.1 Å². The van der Waals surface area contributed by atoms with Crippen LogP contribution in [0.2, 0.25) is 0 Å². The van der Waals surface area contributed by atoms with Gasteiger partial charge in [-0.05, 0) is 67.9 Å². The third-order valence-electron chi connectivity index (χ3n) is 7.49. The van der Waals surface area contributed by atoms with Crippen LogP contribution < -0.4 is 5.69 Å². The van der Waals surface area contributed by atoms with E-state index in [0.717, 1.165) is 22.2 Å². The zero-order valence-corrected chi connectivity index (χ0v) is 21.8. The summed E-state index contributed by atoms with van der Waals surface area (Å²) in [5.41, 5.74) is 6.24. The maximum Gasteiger partial charge on any atom is 0.329 e. The maximum atomic E-state index is 14.0. The molecule has 0 saturated heterocycles. The number of carbonyl (C=O) groups is 1. The van der Waals surface area contributed by atoms with E-state index in [-0.39, 0.29) is 22.8 Å². The van der Waals surface area contributed by atoms with Crippen molar-refractivity contribution < 1.29 is 9.90 Å². The van der Waals surface area contributed by atoms with Crippen molar-refractivity contribution in [2.24, 2.45) is 5.92 Å². The summed E-state index contributed by atoms with van der Waals surface area (Å²) in [6.07, 6.45) is 7.73. The number of hydrogen-bond acceptors (Lipinski definition) is 3. The van der Waals surface area contributed by atoms with Gasteiger partial charge in [-0.15, -0.1) is 11.8 Å². The zero-order valence-electron chi connectivity index (χ0n) is 21.0. The summed E-state index contributed by atoms with van der Waals surface area (Å²) in [4.78, 5) is 25.9. The monoisotopic (exact) mass is 500 g/mol. The molecule has 1 aromatic heterocycles. The molecule has 5 nitrogen and oxygen atoms in total. The van der Waals surface area contributed by atoms with E-state index in [1.807, 2.05) is 71.8 Å². The van der Waals surface area contributed by atoms with Crippen LogP contribution in [0, 0.1) is 12.8 Å². The molecule has 0 bridgehead atoms. The molecule has 0 spiro atoms. The van der Waals surface area contributed by atoms with Gasteiger partial charge in [-0.25, -0.2) is 4.79 Å². The number of imidazole rings is 1. The number of benzene rings is 2. The quantitative estimate of drug-likeness (QED) is 0.395. The van der Waals surface area contributed by atoms with Crippen molar-refractivity contribution in [3.05, 3.63) is 105 Å². The molecule has 1 aliphatic carbocycles. The number of aliphatic carboxylic acids is 1.